The first kappa shape index (κ1) is 37.7. The number of halogens is 7. The normalized spacial score (nSPS) is 13.1. The van der Waals surface area contributed by atoms with Crippen molar-refractivity contribution in [2.45, 2.75) is 71.4 Å². The largest absolute Gasteiger partial charge is 0.419 e. The minimum absolute atomic E-state index is 0.0414. The van der Waals surface area contributed by atoms with E-state index >= 15 is 0 Å². The molecular weight excluding hydrogens is 677 g/mol. The minimum Gasteiger partial charge on any atom is -0.336 e. The van der Waals surface area contributed by atoms with Gasteiger partial charge >= 0.3 is 12.4 Å². The maximum atomic E-state index is 14.1. The third kappa shape index (κ3) is 9.24. The fraction of sp³-hybridized carbons (Fsp3) is 0.395. The van der Waals surface area contributed by atoms with E-state index in [1.807, 2.05) is 26.0 Å². The van der Waals surface area contributed by atoms with Gasteiger partial charge in [-0.25, -0.2) is 4.39 Å². The molecule has 0 atom stereocenters. The van der Waals surface area contributed by atoms with Crippen molar-refractivity contribution in [1.82, 2.24) is 19.4 Å². The maximum Gasteiger partial charge on any atom is 0.419 e. The standard InChI is InChI=1S/C38H39F7N4O2/c1-3-47(4-2)20-21-48(23-26-8-12-27(13-9-26)28-14-16-29(17-15-28)37(40,41)42)35(50)24-49-33-7-5-6-30(33)36(51)46-34(49)19-11-25-10-18-32(39)31(22-25)38(43,44)45/h8-10,12-18,22H,3-7,11,19-21,23-24H2,1-2H3. The second-order valence-electron chi connectivity index (χ2n) is 12.6. The Morgan fingerprint density at radius 1 is 0.804 bits per heavy atom. The Bertz CT molecular complexity index is 1880. The van der Waals surface area contributed by atoms with Crippen LogP contribution in [0, 0.1) is 5.82 Å². The summed E-state index contributed by atoms with van der Waals surface area (Å²) < 4.78 is 94.8. The molecule has 0 unspecified atom stereocenters. The van der Waals surface area contributed by atoms with Gasteiger partial charge in [0, 0.05) is 37.3 Å². The molecule has 6 nitrogen and oxygen atoms in total. The van der Waals surface area contributed by atoms with Gasteiger partial charge in [0.1, 0.15) is 18.2 Å². The molecule has 272 valence electrons. The van der Waals surface area contributed by atoms with Crippen LogP contribution in [0.4, 0.5) is 30.7 Å². The molecule has 51 heavy (non-hydrogen) atoms. The molecule has 13 heteroatoms. The Morgan fingerprint density at radius 2 is 1.43 bits per heavy atom. The van der Waals surface area contributed by atoms with Crippen molar-refractivity contribution in [3.8, 4) is 11.1 Å². The third-order valence-electron chi connectivity index (χ3n) is 9.39. The number of carbonyl (C=O) groups is 1. The number of rotatable bonds is 13. The zero-order valence-electron chi connectivity index (χ0n) is 28.4. The lowest BCUT2D eigenvalue weighted by Gasteiger charge is -2.28. The molecule has 1 aliphatic carbocycles. The zero-order valence-corrected chi connectivity index (χ0v) is 28.4. The summed E-state index contributed by atoms with van der Waals surface area (Å²) in [7, 11) is 0. The second kappa shape index (κ2) is 15.8. The Morgan fingerprint density at radius 3 is 2.04 bits per heavy atom. The first-order valence-electron chi connectivity index (χ1n) is 16.9. The Balaban J connectivity index is 1.39. The number of nitrogens with zero attached hydrogens (tertiary/aromatic N) is 4. The van der Waals surface area contributed by atoms with Crippen molar-refractivity contribution in [2.24, 2.45) is 0 Å². The van der Waals surface area contributed by atoms with Crippen molar-refractivity contribution in [2.75, 3.05) is 26.2 Å². The number of hydrogen-bond acceptors (Lipinski definition) is 4. The molecule has 3 aromatic carbocycles. The second-order valence-corrected chi connectivity index (χ2v) is 12.6. The van der Waals surface area contributed by atoms with Crippen LogP contribution in [0.25, 0.3) is 11.1 Å². The summed E-state index contributed by atoms with van der Waals surface area (Å²) in [5.74, 6) is -1.34. The van der Waals surface area contributed by atoms with Gasteiger partial charge in [-0.2, -0.15) is 31.3 Å². The van der Waals surface area contributed by atoms with Gasteiger partial charge in [-0.3, -0.25) is 9.59 Å². The van der Waals surface area contributed by atoms with Crippen molar-refractivity contribution in [1.29, 1.82) is 0 Å². The highest BCUT2D eigenvalue weighted by molar-refractivity contribution is 5.76. The summed E-state index contributed by atoms with van der Waals surface area (Å²) in [6.45, 7) is 6.70. The molecule has 0 fully saturated rings. The number of aromatic nitrogens is 2. The van der Waals surface area contributed by atoms with Gasteiger partial charge in [0.15, 0.2) is 0 Å². The van der Waals surface area contributed by atoms with Crippen molar-refractivity contribution in [3.63, 3.8) is 0 Å². The molecule has 1 amide bonds. The molecule has 0 radical (unpaired) electrons. The van der Waals surface area contributed by atoms with Gasteiger partial charge in [0.25, 0.3) is 5.56 Å². The van der Waals surface area contributed by atoms with E-state index in [1.165, 1.54) is 18.2 Å². The molecule has 4 aromatic rings. The van der Waals surface area contributed by atoms with E-state index in [1.54, 1.807) is 21.6 Å². The van der Waals surface area contributed by atoms with Crippen LogP contribution in [-0.2, 0) is 55.9 Å². The van der Waals surface area contributed by atoms with Crippen LogP contribution in [0.15, 0.2) is 71.5 Å². The van der Waals surface area contributed by atoms with E-state index in [0.29, 0.717) is 49.2 Å². The molecule has 0 bridgehead atoms. The predicted octanol–water partition coefficient (Wildman–Crippen LogP) is 7.73. The van der Waals surface area contributed by atoms with Crippen LogP contribution in [-0.4, -0.2) is 51.4 Å². The Hall–Kier alpha value is -4.52. The average molecular weight is 717 g/mol. The van der Waals surface area contributed by atoms with Gasteiger partial charge in [-0.1, -0.05) is 56.3 Å². The lowest BCUT2D eigenvalue weighted by atomic mass is 10.0. The number of aryl methyl sites for hydroxylation is 2. The predicted molar refractivity (Wildman–Crippen MR) is 179 cm³/mol. The Kier molecular flexibility index (Phi) is 11.7. The molecule has 0 saturated carbocycles. The first-order chi connectivity index (χ1) is 24.2. The maximum absolute atomic E-state index is 14.1. The molecular formula is C38H39F7N4O2. The van der Waals surface area contributed by atoms with Crippen LogP contribution < -0.4 is 5.56 Å². The lowest BCUT2D eigenvalue weighted by Crippen LogP contribution is -2.40. The fourth-order valence-electron chi connectivity index (χ4n) is 6.44. The fourth-order valence-corrected chi connectivity index (χ4v) is 6.44. The summed E-state index contributed by atoms with van der Waals surface area (Å²) >= 11 is 0. The van der Waals surface area contributed by atoms with Crippen LogP contribution >= 0.6 is 0 Å². The van der Waals surface area contributed by atoms with Crippen molar-refractivity contribution < 1.29 is 35.5 Å². The third-order valence-corrected chi connectivity index (χ3v) is 9.39. The van der Waals surface area contributed by atoms with Crippen LogP contribution in [0.3, 0.4) is 0 Å². The number of likely N-dealkylation sites (N-methyl/N-ethyl adjacent to an activating group) is 1. The van der Waals surface area contributed by atoms with Gasteiger partial charge < -0.3 is 14.4 Å². The highest BCUT2D eigenvalue weighted by Gasteiger charge is 2.34. The monoisotopic (exact) mass is 716 g/mol. The van der Waals surface area contributed by atoms with Gasteiger partial charge in [-0.05, 0) is 85.3 Å². The van der Waals surface area contributed by atoms with Crippen LogP contribution in [0.2, 0.25) is 0 Å². The number of benzene rings is 3. The topological polar surface area (TPSA) is 58.4 Å². The Labute approximate surface area is 291 Å². The highest BCUT2D eigenvalue weighted by Crippen LogP contribution is 2.33. The van der Waals surface area contributed by atoms with E-state index < -0.39 is 34.9 Å². The first-order valence-corrected chi connectivity index (χ1v) is 16.9. The number of hydrogen-bond donors (Lipinski definition) is 0. The number of fused-ring (bicyclic) bond motifs is 1. The zero-order chi connectivity index (χ0) is 36.9. The molecule has 0 spiro atoms. The smallest absolute Gasteiger partial charge is 0.336 e. The molecule has 1 aliphatic rings. The van der Waals surface area contributed by atoms with Crippen LogP contribution in [0.1, 0.15) is 59.6 Å². The summed E-state index contributed by atoms with van der Waals surface area (Å²) in [6.07, 6.45) is -7.43. The SMILES string of the molecule is CCN(CC)CCN(Cc1ccc(-c2ccc(C(F)(F)F)cc2)cc1)C(=O)Cn1c(CCc2ccc(F)c(C(F)(F)F)c2)nc(=O)c2c1CCC2. The van der Waals surface area contributed by atoms with Crippen LogP contribution in [0.5, 0.6) is 0 Å². The summed E-state index contributed by atoms with van der Waals surface area (Å²) in [5.41, 5.74) is 1.06. The van der Waals surface area contributed by atoms with Crippen molar-refractivity contribution in [3.05, 3.63) is 122 Å². The van der Waals surface area contributed by atoms with E-state index in [4.69, 9.17) is 0 Å². The molecule has 0 N–H and O–H groups in total. The van der Waals surface area contributed by atoms with E-state index in [9.17, 15) is 40.3 Å². The van der Waals surface area contributed by atoms with Gasteiger partial charge in [0.2, 0.25) is 5.91 Å². The summed E-state index contributed by atoms with van der Waals surface area (Å²) in [4.78, 5) is 35.2. The van der Waals surface area contributed by atoms with Gasteiger partial charge in [0.05, 0.1) is 11.1 Å². The van der Waals surface area contributed by atoms with Crippen molar-refractivity contribution >= 4 is 5.91 Å². The molecule has 1 heterocycles. The quantitative estimate of drug-likeness (QED) is 0.133. The summed E-state index contributed by atoms with van der Waals surface area (Å²) in [6, 6.07) is 14.9. The molecule has 0 saturated heterocycles. The molecule has 1 aromatic heterocycles. The molecule has 5 rings (SSSR count). The number of amides is 1. The highest BCUT2D eigenvalue weighted by atomic mass is 19.4. The van der Waals surface area contributed by atoms with E-state index in [-0.39, 0.29) is 43.2 Å². The minimum atomic E-state index is -4.86. The summed E-state index contributed by atoms with van der Waals surface area (Å²) in [5, 5.41) is 0. The number of carbonyl (C=O) groups excluding carboxylic acids is 1. The molecule has 0 aliphatic heterocycles. The van der Waals surface area contributed by atoms with Gasteiger partial charge in [-0.15, -0.1) is 0 Å². The number of alkyl halides is 6. The average Bonchev–Trinajstić information content (AvgIpc) is 3.60. The van der Waals surface area contributed by atoms with E-state index in [0.717, 1.165) is 48.5 Å². The lowest BCUT2D eigenvalue weighted by molar-refractivity contribution is -0.140. The van der Waals surface area contributed by atoms with E-state index in [2.05, 4.69) is 9.88 Å².